The van der Waals surface area contributed by atoms with Crippen LogP contribution >= 0.6 is 0 Å². The number of aromatic nitrogens is 4. The van der Waals surface area contributed by atoms with Gasteiger partial charge in [-0.05, 0) is 38.5 Å². The van der Waals surface area contributed by atoms with Crippen molar-refractivity contribution in [3.8, 4) is 5.69 Å². The van der Waals surface area contributed by atoms with Gasteiger partial charge in [0, 0.05) is 11.9 Å². The van der Waals surface area contributed by atoms with E-state index in [0.29, 0.717) is 28.7 Å². The molecule has 0 saturated heterocycles. The maximum atomic E-state index is 12.9. The molecule has 0 unspecified atom stereocenters. The summed E-state index contributed by atoms with van der Waals surface area (Å²) in [6.07, 6.45) is 2.71. The zero-order chi connectivity index (χ0) is 25.7. The summed E-state index contributed by atoms with van der Waals surface area (Å²) in [7, 11) is 0. The summed E-state index contributed by atoms with van der Waals surface area (Å²) < 4.78 is 8.36. The summed E-state index contributed by atoms with van der Waals surface area (Å²) in [4.78, 5) is 38.4. The molecular formula is C27H29N5O4. The van der Waals surface area contributed by atoms with Crippen molar-refractivity contribution in [2.75, 3.05) is 11.9 Å². The number of rotatable bonds is 9. The number of benzene rings is 2. The number of fused-ring (bicyclic) bond motifs is 1. The van der Waals surface area contributed by atoms with Gasteiger partial charge in [0.25, 0.3) is 11.5 Å². The van der Waals surface area contributed by atoms with Gasteiger partial charge in [0.2, 0.25) is 0 Å². The summed E-state index contributed by atoms with van der Waals surface area (Å²) >= 11 is 0. The van der Waals surface area contributed by atoms with Crippen LogP contribution in [0.2, 0.25) is 0 Å². The molecule has 0 radical (unpaired) electrons. The number of carbonyl (C=O) groups excluding carboxylic acids is 2. The Hall–Kier alpha value is -4.27. The van der Waals surface area contributed by atoms with Crippen molar-refractivity contribution >= 4 is 28.3 Å². The Morgan fingerprint density at radius 3 is 2.36 bits per heavy atom. The number of nitrogens with one attached hydrogen (secondary N) is 1. The average Bonchev–Trinajstić information content (AvgIpc) is 3.17. The lowest BCUT2D eigenvalue weighted by Crippen LogP contribution is -2.28. The molecular weight excluding hydrogens is 458 g/mol. The molecule has 0 fully saturated rings. The van der Waals surface area contributed by atoms with Crippen LogP contribution in [-0.4, -0.2) is 38.0 Å². The van der Waals surface area contributed by atoms with Gasteiger partial charge in [-0.3, -0.25) is 9.59 Å². The quantitative estimate of drug-likeness (QED) is 0.280. The predicted octanol–water partition coefficient (Wildman–Crippen LogP) is 4.18. The van der Waals surface area contributed by atoms with E-state index in [1.54, 1.807) is 35.9 Å². The van der Waals surface area contributed by atoms with Gasteiger partial charge in [0.15, 0.2) is 12.3 Å². The standard InChI is InChI=1S/C27H29N5O4/c1-4-5-11-16-31-26(34)22-15-10-9-14-21(22)25(30-31)27(35)36-17-23(33)28-24-18(2)29-32(19(24)3)20-12-7-6-8-13-20/h6-10,12-15H,4-5,11,16-17H2,1-3H3,(H,28,33). The molecule has 9 nitrogen and oxygen atoms in total. The Labute approximate surface area is 208 Å². The fourth-order valence-electron chi connectivity index (χ4n) is 4.07. The number of amides is 1. The molecule has 4 aromatic rings. The van der Waals surface area contributed by atoms with Gasteiger partial charge >= 0.3 is 5.97 Å². The summed E-state index contributed by atoms with van der Waals surface area (Å²) in [5, 5.41) is 12.4. The summed E-state index contributed by atoms with van der Waals surface area (Å²) in [6, 6.07) is 16.4. The average molecular weight is 488 g/mol. The number of para-hydroxylation sites is 1. The van der Waals surface area contributed by atoms with E-state index in [0.717, 1.165) is 30.6 Å². The Morgan fingerprint density at radius 1 is 0.944 bits per heavy atom. The maximum Gasteiger partial charge on any atom is 0.359 e. The smallest absolute Gasteiger partial charge is 0.359 e. The lowest BCUT2D eigenvalue weighted by Gasteiger charge is -2.11. The van der Waals surface area contributed by atoms with E-state index in [1.165, 1.54) is 4.68 Å². The second-order valence-corrected chi connectivity index (χ2v) is 8.55. The number of anilines is 1. The minimum Gasteiger partial charge on any atom is -0.451 e. The van der Waals surface area contributed by atoms with Crippen molar-refractivity contribution in [1.82, 2.24) is 19.6 Å². The highest BCUT2D eigenvalue weighted by atomic mass is 16.5. The highest BCUT2D eigenvalue weighted by Gasteiger charge is 2.20. The molecule has 0 aliphatic carbocycles. The third-order valence-corrected chi connectivity index (χ3v) is 5.93. The molecule has 9 heteroatoms. The third-order valence-electron chi connectivity index (χ3n) is 5.93. The van der Waals surface area contributed by atoms with Crippen molar-refractivity contribution in [2.45, 2.75) is 46.6 Å². The van der Waals surface area contributed by atoms with Crippen LogP contribution in [0.25, 0.3) is 16.5 Å². The van der Waals surface area contributed by atoms with Gasteiger partial charge in [0.1, 0.15) is 0 Å². The minimum absolute atomic E-state index is 0.0127. The monoisotopic (exact) mass is 487 g/mol. The maximum absolute atomic E-state index is 12.9. The number of unbranched alkanes of at least 4 members (excludes halogenated alkanes) is 2. The van der Waals surface area contributed by atoms with Crippen LogP contribution in [-0.2, 0) is 16.1 Å². The van der Waals surface area contributed by atoms with Crippen LogP contribution in [0.4, 0.5) is 5.69 Å². The first-order chi connectivity index (χ1) is 17.4. The van der Waals surface area contributed by atoms with Crippen molar-refractivity contribution in [3.05, 3.63) is 82.0 Å². The summed E-state index contributed by atoms with van der Waals surface area (Å²) in [5.74, 6) is -1.26. The van der Waals surface area contributed by atoms with Gasteiger partial charge in [0.05, 0.1) is 28.1 Å². The third kappa shape index (κ3) is 5.19. The van der Waals surface area contributed by atoms with Crippen LogP contribution < -0.4 is 10.9 Å². The first kappa shape index (κ1) is 24.8. The second kappa shape index (κ2) is 11.0. The van der Waals surface area contributed by atoms with Gasteiger partial charge in [-0.1, -0.05) is 56.2 Å². The molecule has 0 aliphatic heterocycles. The number of aryl methyl sites for hydroxylation is 2. The van der Waals surface area contributed by atoms with Crippen LogP contribution in [0.15, 0.2) is 59.4 Å². The largest absolute Gasteiger partial charge is 0.451 e. The SMILES string of the molecule is CCCCCn1nc(C(=O)OCC(=O)Nc2c(C)nn(-c3ccccc3)c2C)c2ccccc2c1=O. The lowest BCUT2D eigenvalue weighted by atomic mass is 10.1. The van der Waals surface area contributed by atoms with E-state index >= 15 is 0 Å². The fourth-order valence-corrected chi connectivity index (χ4v) is 4.07. The van der Waals surface area contributed by atoms with Crippen molar-refractivity contribution in [3.63, 3.8) is 0 Å². The molecule has 0 aliphatic rings. The summed E-state index contributed by atoms with van der Waals surface area (Å²) in [6.45, 7) is 5.62. The second-order valence-electron chi connectivity index (χ2n) is 8.55. The predicted molar refractivity (Wildman–Crippen MR) is 137 cm³/mol. The zero-order valence-corrected chi connectivity index (χ0v) is 20.7. The zero-order valence-electron chi connectivity index (χ0n) is 20.7. The highest BCUT2D eigenvalue weighted by Crippen LogP contribution is 2.23. The molecule has 0 spiro atoms. The minimum atomic E-state index is -0.765. The molecule has 1 amide bonds. The van der Waals surface area contributed by atoms with E-state index in [1.807, 2.05) is 37.3 Å². The van der Waals surface area contributed by atoms with Crippen LogP contribution in [0.1, 0.15) is 48.1 Å². The number of ether oxygens (including phenoxy) is 1. The Kier molecular flexibility index (Phi) is 7.58. The molecule has 0 bridgehead atoms. The molecule has 2 aromatic heterocycles. The van der Waals surface area contributed by atoms with Crippen LogP contribution in [0.5, 0.6) is 0 Å². The number of hydrogen-bond donors (Lipinski definition) is 1. The highest BCUT2D eigenvalue weighted by molar-refractivity contribution is 6.03. The molecule has 36 heavy (non-hydrogen) atoms. The van der Waals surface area contributed by atoms with Gasteiger partial charge in [-0.15, -0.1) is 0 Å². The molecule has 4 rings (SSSR count). The van der Waals surface area contributed by atoms with Crippen LogP contribution in [0, 0.1) is 13.8 Å². The van der Waals surface area contributed by atoms with E-state index < -0.39 is 18.5 Å². The first-order valence-corrected chi connectivity index (χ1v) is 12.0. The summed E-state index contributed by atoms with van der Waals surface area (Å²) in [5.41, 5.74) is 2.59. The Morgan fingerprint density at radius 2 is 1.64 bits per heavy atom. The molecule has 0 saturated carbocycles. The number of hydrogen-bond acceptors (Lipinski definition) is 6. The van der Waals surface area contributed by atoms with Gasteiger partial charge in [-0.25, -0.2) is 14.2 Å². The van der Waals surface area contributed by atoms with Crippen molar-refractivity contribution in [2.24, 2.45) is 0 Å². The first-order valence-electron chi connectivity index (χ1n) is 12.0. The number of esters is 1. The van der Waals surface area contributed by atoms with E-state index in [-0.39, 0.29) is 11.3 Å². The Bertz CT molecular complexity index is 1460. The normalized spacial score (nSPS) is 11.0. The molecule has 2 aromatic carbocycles. The molecule has 1 N–H and O–H groups in total. The van der Waals surface area contributed by atoms with E-state index in [2.05, 4.69) is 22.4 Å². The molecule has 186 valence electrons. The van der Waals surface area contributed by atoms with Crippen molar-refractivity contribution in [1.29, 1.82) is 0 Å². The number of carbonyl (C=O) groups is 2. The fraction of sp³-hybridized carbons (Fsp3) is 0.296. The van der Waals surface area contributed by atoms with Gasteiger partial charge in [-0.2, -0.15) is 10.2 Å². The topological polar surface area (TPSA) is 108 Å². The van der Waals surface area contributed by atoms with E-state index in [4.69, 9.17) is 4.74 Å². The van der Waals surface area contributed by atoms with Crippen molar-refractivity contribution < 1.29 is 14.3 Å². The van der Waals surface area contributed by atoms with Crippen LogP contribution in [0.3, 0.4) is 0 Å². The molecule has 2 heterocycles. The Balaban J connectivity index is 1.50. The van der Waals surface area contributed by atoms with E-state index in [9.17, 15) is 14.4 Å². The molecule has 0 atom stereocenters. The van der Waals surface area contributed by atoms with Gasteiger partial charge < -0.3 is 10.1 Å². The lowest BCUT2D eigenvalue weighted by molar-refractivity contribution is -0.119. The number of nitrogens with zero attached hydrogens (tertiary/aromatic N) is 4.